The molecule has 0 saturated heterocycles. The van der Waals surface area contributed by atoms with Gasteiger partial charge in [-0.15, -0.1) is 0 Å². The molecule has 1 aliphatic rings. The smallest absolute Gasteiger partial charge is 0.408 e. The normalized spacial score (nSPS) is 17.8. The molecule has 4 N–H and O–H groups in total. The number of nitrogens with zero attached hydrogens (tertiary/aromatic N) is 1. The minimum absolute atomic E-state index is 0.0177. The number of primary amides is 1. The van der Waals surface area contributed by atoms with Crippen LogP contribution in [-0.4, -0.2) is 46.4 Å². The molecule has 1 fully saturated rings. The summed E-state index contributed by atoms with van der Waals surface area (Å²) in [6.07, 6.45) is -0.199. The van der Waals surface area contributed by atoms with Crippen molar-refractivity contribution in [1.82, 2.24) is 15.5 Å². The summed E-state index contributed by atoms with van der Waals surface area (Å²) in [6.45, 7) is 11.4. The fourth-order valence-electron chi connectivity index (χ4n) is 4.72. The second-order valence-electron chi connectivity index (χ2n) is 11.6. The Kier molecular flexibility index (Phi) is 9.95. The van der Waals surface area contributed by atoms with Gasteiger partial charge in [-0.2, -0.15) is 0 Å². The van der Waals surface area contributed by atoms with E-state index in [9.17, 15) is 19.2 Å². The molecule has 4 unspecified atom stereocenters. The topological polar surface area (TPSA) is 131 Å². The van der Waals surface area contributed by atoms with Crippen LogP contribution >= 0.6 is 0 Å². The first-order valence-electron chi connectivity index (χ1n) is 13.8. The molecule has 4 amide bonds. The van der Waals surface area contributed by atoms with Gasteiger partial charge in [-0.25, -0.2) is 4.79 Å². The molecule has 9 heteroatoms. The largest absolute Gasteiger partial charge is 0.444 e. The summed E-state index contributed by atoms with van der Waals surface area (Å²) in [5, 5.41) is 5.66. The van der Waals surface area contributed by atoms with Gasteiger partial charge in [0, 0.05) is 19.0 Å². The predicted molar refractivity (Wildman–Crippen MR) is 153 cm³/mol. The van der Waals surface area contributed by atoms with Gasteiger partial charge in [0.2, 0.25) is 17.7 Å². The number of aryl methyl sites for hydroxylation is 1. The van der Waals surface area contributed by atoms with Crippen LogP contribution in [0.3, 0.4) is 0 Å². The Morgan fingerprint density at radius 3 is 2.27 bits per heavy atom. The molecule has 0 radical (unpaired) electrons. The molecular weight excluding hydrogens is 508 g/mol. The fourth-order valence-corrected chi connectivity index (χ4v) is 4.72. The Morgan fingerprint density at radius 2 is 1.70 bits per heavy atom. The Bertz CT molecular complexity index is 1220. The van der Waals surface area contributed by atoms with Crippen molar-refractivity contribution >= 4 is 23.8 Å². The number of hydrogen-bond acceptors (Lipinski definition) is 5. The van der Waals surface area contributed by atoms with E-state index in [0.29, 0.717) is 18.5 Å². The number of amides is 4. The summed E-state index contributed by atoms with van der Waals surface area (Å²) >= 11 is 0. The maximum absolute atomic E-state index is 14.3. The van der Waals surface area contributed by atoms with Crippen LogP contribution < -0.4 is 16.4 Å². The SMILES string of the molecule is Cc1cccc(C(C(=O)NCc2ccccc2)N(C(=O)C(CCC(N)=O)NC(=O)OC(C)(C)C)C2CC2C)c1C. The third-order valence-corrected chi connectivity index (χ3v) is 7.12. The summed E-state index contributed by atoms with van der Waals surface area (Å²) < 4.78 is 5.40. The van der Waals surface area contributed by atoms with Gasteiger partial charge in [0.15, 0.2) is 0 Å². The van der Waals surface area contributed by atoms with Crippen molar-refractivity contribution < 1.29 is 23.9 Å². The monoisotopic (exact) mass is 550 g/mol. The zero-order chi connectivity index (χ0) is 29.6. The molecule has 3 rings (SSSR count). The highest BCUT2D eigenvalue weighted by atomic mass is 16.6. The van der Waals surface area contributed by atoms with Crippen LogP contribution in [0.15, 0.2) is 48.5 Å². The molecule has 0 aliphatic heterocycles. The molecule has 1 aliphatic carbocycles. The van der Waals surface area contributed by atoms with E-state index >= 15 is 0 Å². The number of nitrogens with two attached hydrogens (primary N) is 1. The average Bonchev–Trinajstić information content (AvgIpc) is 3.60. The van der Waals surface area contributed by atoms with Crippen molar-refractivity contribution in [3.63, 3.8) is 0 Å². The summed E-state index contributed by atoms with van der Waals surface area (Å²) in [5.41, 5.74) is 8.15. The molecular formula is C31H42N4O5. The molecule has 0 spiro atoms. The lowest BCUT2D eigenvalue weighted by atomic mass is 9.94. The molecule has 0 heterocycles. The van der Waals surface area contributed by atoms with Gasteiger partial charge in [0.25, 0.3) is 0 Å². The van der Waals surface area contributed by atoms with Crippen LogP contribution in [0.1, 0.15) is 75.3 Å². The van der Waals surface area contributed by atoms with E-state index in [1.54, 1.807) is 25.7 Å². The fraction of sp³-hybridized carbons (Fsp3) is 0.484. The number of ether oxygens (including phenoxy) is 1. The number of rotatable bonds is 11. The van der Waals surface area contributed by atoms with E-state index in [-0.39, 0.29) is 30.7 Å². The van der Waals surface area contributed by atoms with E-state index < -0.39 is 35.6 Å². The van der Waals surface area contributed by atoms with Gasteiger partial charge in [-0.3, -0.25) is 14.4 Å². The molecule has 4 atom stereocenters. The quantitative estimate of drug-likeness (QED) is 0.388. The zero-order valence-electron chi connectivity index (χ0n) is 24.3. The number of benzene rings is 2. The van der Waals surface area contributed by atoms with Gasteiger partial charge in [-0.1, -0.05) is 55.5 Å². The number of alkyl carbamates (subject to hydrolysis) is 1. The summed E-state index contributed by atoms with van der Waals surface area (Å²) in [4.78, 5) is 54.2. The summed E-state index contributed by atoms with van der Waals surface area (Å²) in [7, 11) is 0. The number of nitrogens with one attached hydrogen (secondary N) is 2. The highest BCUT2D eigenvalue weighted by Gasteiger charge is 2.48. The first-order chi connectivity index (χ1) is 18.8. The Hall–Kier alpha value is -3.88. The third-order valence-electron chi connectivity index (χ3n) is 7.12. The Labute approximate surface area is 236 Å². The first-order valence-corrected chi connectivity index (χ1v) is 13.8. The van der Waals surface area contributed by atoms with Gasteiger partial charge in [-0.05, 0) is 75.6 Å². The number of carbonyl (C=O) groups is 4. The minimum Gasteiger partial charge on any atom is -0.444 e. The van der Waals surface area contributed by atoms with Crippen molar-refractivity contribution in [1.29, 1.82) is 0 Å². The maximum atomic E-state index is 14.3. The van der Waals surface area contributed by atoms with Crippen LogP contribution in [0, 0.1) is 19.8 Å². The Balaban J connectivity index is 2.02. The molecule has 40 heavy (non-hydrogen) atoms. The van der Waals surface area contributed by atoms with E-state index in [4.69, 9.17) is 10.5 Å². The van der Waals surface area contributed by atoms with Gasteiger partial charge in [0.05, 0.1) is 0 Å². The first kappa shape index (κ1) is 30.7. The van der Waals surface area contributed by atoms with Gasteiger partial charge < -0.3 is 26.0 Å². The highest BCUT2D eigenvalue weighted by Crippen LogP contribution is 2.41. The van der Waals surface area contributed by atoms with E-state index in [1.165, 1.54) is 0 Å². The van der Waals surface area contributed by atoms with Crippen LogP contribution in [-0.2, 0) is 25.7 Å². The summed E-state index contributed by atoms with van der Waals surface area (Å²) in [6, 6.07) is 13.0. The molecule has 2 aromatic rings. The van der Waals surface area contributed by atoms with Crippen molar-refractivity contribution in [3.05, 3.63) is 70.8 Å². The van der Waals surface area contributed by atoms with Crippen LogP contribution in [0.2, 0.25) is 0 Å². The molecule has 9 nitrogen and oxygen atoms in total. The summed E-state index contributed by atoms with van der Waals surface area (Å²) in [5.74, 6) is -1.21. The predicted octanol–water partition coefficient (Wildman–Crippen LogP) is 4.06. The van der Waals surface area contributed by atoms with Crippen molar-refractivity contribution in [2.45, 2.75) is 91.1 Å². The molecule has 0 bridgehead atoms. The second-order valence-corrected chi connectivity index (χ2v) is 11.6. The van der Waals surface area contributed by atoms with Crippen molar-refractivity contribution in [2.75, 3.05) is 0 Å². The standard InChI is InChI=1S/C31H42N4O5/c1-19-11-10-14-23(21(19)3)27(28(37)33-18-22-12-8-7-9-13-22)35(25-17-20(25)2)29(38)24(15-16-26(32)36)34-30(39)40-31(4,5)6/h7-14,20,24-25,27H,15-18H2,1-6H3,(H2,32,36)(H,33,37)(H,34,39). The van der Waals surface area contributed by atoms with Gasteiger partial charge in [0.1, 0.15) is 17.7 Å². The maximum Gasteiger partial charge on any atom is 0.408 e. The van der Waals surface area contributed by atoms with Crippen molar-refractivity contribution in [2.24, 2.45) is 11.7 Å². The lowest BCUT2D eigenvalue weighted by Crippen LogP contribution is -2.54. The van der Waals surface area contributed by atoms with Crippen LogP contribution in [0.4, 0.5) is 4.79 Å². The number of hydrogen-bond donors (Lipinski definition) is 3. The molecule has 1 saturated carbocycles. The highest BCUT2D eigenvalue weighted by molar-refractivity contribution is 5.93. The molecule has 0 aromatic heterocycles. The van der Waals surface area contributed by atoms with Crippen LogP contribution in [0.25, 0.3) is 0 Å². The van der Waals surface area contributed by atoms with E-state index in [0.717, 1.165) is 16.7 Å². The average molecular weight is 551 g/mol. The second kappa shape index (κ2) is 13.0. The molecule has 216 valence electrons. The zero-order valence-corrected chi connectivity index (χ0v) is 24.3. The Morgan fingerprint density at radius 1 is 1.05 bits per heavy atom. The minimum atomic E-state index is -1.11. The van der Waals surface area contributed by atoms with E-state index in [2.05, 4.69) is 10.6 Å². The van der Waals surface area contributed by atoms with Crippen LogP contribution in [0.5, 0.6) is 0 Å². The van der Waals surface area contributed by atoms with Crippen molar-refractivity contribution in [3.8, 4) is 0 Å². The lowest BCUT2D eigenvalue weighted by molar-refractivity contribution is -0.143. The molecule has 2 aromatic carbocycles. The third kappa shape index (κ3) is 8.31. The van der Waals surface area contributed by atoms with Gasteiger partial charge >= 0.3 is 6.09 Å². The number of carbonyl (C=O) groups excluding carboxylic acids is 4. The van der Waals surface area contributed by atoms with E-state index in [1.807, 2.05) is 69.3 Å². The lowest BCUT2D eigenvalue weighted by Gasteiger charge is -2.36.